The third-order valence-corrected chi connectivity index (χ3v) is 9.10. The molecular weight excluding hydrogens is 612 g/mol. The summed E-state index contributed by atoms with van der Waals surface area (Å²) in [6.07, 6.45) is 0.528. The molecule has 9 nitrogen and oxygen atoms in total. The second-order valence-corrected chi connectivity index (χ2v) is 12.2. The molecule has 12 heteroatoms. The van der Waals surface area contributed by atoms with Gasteiger partial charge in [-0.3, -0.25) is 14.2 Å². The van der Waals surface area contributed by atoms with Gasteiger partial charge in [-0.15, -0.1) is 21.5 Å². The molecule has 6 rings (SSSR count). The van der Waals surface area contributed by atoms with Crippen LogP contribution in [0.3, 0.4) is 0 Å². The minimum atomic E-state index is -0.353. The predicted octanol–water partition coefficient (Wildman–Crippen LogP) is 6.18. The number of nitrogens with zero attached hydrogens (tertiary/aromatic N) is 5. The Labute approximate surface area is 267 Å². The van der Waals surface area contributed by atoms with E-state index in [1.807, 2.05) is 53.3 Å². The number of nitrogens with one attached hydrogen (secondary N) is 1. The van der Waals surface area contributed by atoms with E-state index in [1.165, 1.54) is 28.9 Å². The van der Waals surface area contributed by atoms with Gasteiger partial charge in [-0.2, -0.15) is 5.10 Å². The number of thiophene rings is 1. The largest absolute Gasteiger partial charge is 0.497 e. The van der Waals surface area contributed by atoms with E-state index in [-0.39, 0.29) is 36.0 Å². The lowest BCUT2D eigenvalue weighted by Gasteiger charge is -2.22. The van der Waals surface area contributed by atoms with Crippen LogP contribution in [-0.4, -0.2) is 50.2 Å². The van der Waals surface area contributed by atoms with Crippen molar-refractivity contribution in [3.8, 4) is 11.4 Å². The molecule has 2 aromatic heterocycles. The Bertz CT molecular complexity index is 1840. The average molecular weight is 641 g/mol. The highest BCUT2D eigenvalue weighted by Gasteiger charge is 2.33. The maximum Gasteiger partial charge on any atom is 0.253 e. The number of methoxy groups -OCH3 is 1. The number of halogens is 1. The van der Waals surface area contributed by atoms with Crippen LogP contribution in [0.5, 0.6) is 5.75 Å². The smallest absolute Gasteiger partial charge is 0.253 e. The molecule has 0 saturated carbocycles. The summed E-state index contributed by atoms with van der Waals surface area (Å²) in [4.78, 5) is 27.6. The van der Waals surface area contributed by atoms with Gasteiger partial charge in [0.1, 0.15) is 11.6 Å². The Balaban J connectivity index is 1.22. The van der Waals surface area contributed by atoms with E-state index < -0.39 is 0 Å². The van der Waals surface area contributed by atoms with Crippen LogP contribution in [0.25, 0.3) is 5.69 Å². The fraction of sp³-hybridized carbons (Fsp3) is 0.182. The Hall–Kier alpha value is -4.81. The summed E-state index contributed by atoms with van der Waals surface area (Å²) in [5, 5.41) is 20.4. The number of amides is 2. The third kappa shape index (κ3) is 6.81. The lowest BCUT2D eigenvalue weighted by Crippen LogP contribution is -2.28. The number of carbonyl (C=O) groups excluding carboxylic acids is 2. The number of hydrogen-bond acceptors (Lipinski definition) is 8. The molecule has 0 spiro atoms. The first-order valence-corrected chi connectivity index (χ1v) is 16.0. The quantitative estimate of drug-likeness (QED) is 0.183. The van der Waals surface area contributed by atoms with Crippen LogP contribution in [0.15, 0.2) is 101 Å². The summed E-state index contributed by atoms with van der Waals surface area (Å²) in [7, 11) is 1.57. The zero-order valence-electron chi connectivity index (χ0n) is 24.5. The molecule has 3 heterocycles. The lowest BCUT2D eigenvalue weighted by atomic mass is 10.0. The van der Waals surface area contributed by atoms with Gasteiger partial charge in [0.15, 0.2) is 11.0 Å². The van der Waals surface area contributed by atoms with Gasteiger partial charge in [0, 0.05) is 17.7 Å². The fourth-order valence-corrected chi connectivity index (χ4v) is 6.55. The Morgan fingerprint density at radius 3 is 2.56 bits per heavy atom. The molecule has 3 aromatic carbocycles. The molecule has 1 N–H and O–H groups in total. The topological polar surface area (TPSA) is 102 Å². The van der Waals surface area contributed by atoms with Crippen molar-refractivity contribution in [1.82, 2.24) is 25.1 Å². The van der Waals surface area contributed by atoms with Crippen molar-refractivity contribution in [3.63, 3.8) is 0 Å². The van der Waals surface area contributed by atoms with E-state index in [0.717, 1.165) is 27.4 Å². The number of benzene rings is 3. The van der Waals surface area contributed by atoms with Crippen LogP contribution in [0.2, 0.25) is 0 Å². The first-order chi connectivity index (χ1) is 21.9. The van der Waals surface area contributed by atoms with Gasteiger partial charge in [-0.05, 0) is 78.0 Å². The Morgan fingerprint density at radius 1 is 1.04 bits per heavy atom. The molecule has 5 aromatic rings. The van der Waals surface area contributed by atoms with Crippen molar-refractivity contribution < 1.29 is 18.7 Å². The average Bonchev–Trinajstić information content (AvgIpc) is 3.83. The van der Waals surface area contributed by atoms with Gasteiger partial charge in [-0.25, -0.2) is 9.40 Å². The molecule has 0 bridgehead atoms. The second-order valence-electron chi connectivity index (χ2n) is 10.3. The van der Waals surface area contributed by atoms with E-state index in [2.05, 4.69) is 15.5 Å². The van der Waals surface area contributed by atoms with Crippen molar-refractivity contribution in [2.45, 2.75) is 31.1 Å². The van der Waals surface area contributed by atoms with Gasteiger partial charge < -0.3 is 10.1 Å². The maximum absolute atomic E-state index is 13.7. The number of ether oxygens (including phenoxy) is 1. The normalized spacial score (nSPS) is 14.3. The zero-order valence-corrected chi connectivity index (χ0v) is 26.1. The van der Waals surface area contributed by atoms with Crippen molar-refractivity contribution >= 4 is 40.6 Å². The van der Waals surface area contributed by atoms with E-state index in [4.69, 9.17) is 9.84 Å². The fourth-order valence-electron chi connectivity index (χ4n) is 5.01. The molecular formula is C33H29FN6O3S2. The van der Waals surface area contributed by atoms with Crippen molar-refractivity contribution in [3.05, 3.63) is 124 Å². The molecule has 1 aliphatic heterocycles. The summed E-state index contributed by atoms with van der Waals surface area (Å²) in [5.41, 5.74) is 3.96. The van der Waals surface area contributed by atoms with Gasteiger partial charge in [0.2, 0.25) is 0 Å². The molecule has 228 valence electrons. The SMILES string of the molecule is COc1ccc(C(=O)NCc2nnc(SCC(=O)N3N=C(c4cccs4)CC3c3ccc(F)cc3)n2-c2cccc(C)c2)cc1. The minimum absolute atomic E-state index is 0.0427. The van der Waals surface area contributed by atoms with E-state index in [0.29, 0.717) is 28.7 Å². The number of carbonyl (C=O) groups is 2. The summed E-state index contributed by atoms with van der Waals surface area (Å²) >= 11 is 2.80. The summed E-state index contributed by atoms with van der Waals surface area (Å²) in [6, 6.07) is 24.4. The van der Waals surface area contributed by atoms with Crippen LogP contribution >= 0.6 is 23.1 Å². The van der Waals surface area contributed by atoms with E-state index in [9.17, 15) is 14.0 Å². The van der Waals surface area contributed by atoms with Crippen LogP contribution in [-0.2, 0) is 11.3 Å². The molecule has 0 fully saturated rings. The summed E-state index contributed by atoms with van der Waals surface area (Å²) in [5.74, 6) is 0.404. The Morgan fingerprint density at radius 2 is 1.84 bits per heavy atom. The van der Waals surface area contributed by atoms with Gasteiger partial charge in [0.05, 0.1) is 36.0 Å². The van der Waals surface area contributed by atoms with Crippen molar-refractivity contribution in [2.24, 2.45) is 5.10 Å². The maximum atomic E-state index is 13.7. The number of thioether (sulfide) groups is 1. The van der Waals surface area contributed by atoms with Crippen LogP contribution in [0, 0.1) is 12.7 Å². The molecule has 45 heavy (non-hydrogen) atoms. The molecule has 0 radical (unpaired) electrons. The molecule has 1 unspecified atom stereocenters. The highest BCUT2D eigenvalue weighted by atomic mass is 32.2. The summed E-state index contributed by atoms with van der Waals surface area (Å²) < 4.78 is 20.7. The molecule has 1 atom stereocenters. The molecule has 0 aliphatic carbocycles. The van der Waals surface area contributed by atoms with Crippen LogP contribution < -0.4 is 10.1 Å². The van der Waals surface area contributed by atoms with E-state index in [1.54, 1.807) is 54.8 Å². The van der Waals surface area contributed by atoms with Crippen LogP contribution in [0.4, 0.5) is 4.39 Å². The zero-order chi connectivity index (χ0) is 31.3. The number of aryl methyl sites for hydroxylation is 1. The predicted molar refractivity (Wildman–Crippen MR) is 172 cm³/mol. The molecule has 1 aliphatic rings. The van der Waals surface area contributed by atoms with E-state index >= 15 is 0 Å². The molecule has 2 amide bonds. The number of aromatic nitrogens is 3. The van der Waals surface area contributed by atoms with Crippen molar-refractivity contribution in [2.75, 3.05) is 12.9 Å². The lowest BCUT2D eigenvalue weighted by molar-refractivity contribution is -0.130. The van der Waals surface area contributed by atoms with Crippen molar-refractivity contribution in [1.29, 1.82) is 0 Å². The monoisotopic (exact) mass is 640 g/mol. The third-order valence-electron chi connectivity index (χ3n) is 7.27. The first-order valence-electron chi connectivity index (χ1n) is 14.1. The highest BCUT2D eigenvalue weighted by molar-refractivity contribution is 7.99. The van der Waals surface area contributed by atoms with Gasteiger partial charge >= 0.3 is 0 Å². The number of rotatable bonds is 10. The van der Waals surface area contributed by atoms with Gasteiger partial charge in [0.25, 0.3) is 11.8 Å². The standard InChI is InChI=1S/C33H29FN6O3S2/c1-21-5-3-6-25(17-21)39-30(19-35-32(42)23-10-14-26(43-2)15-11-23)36-37-33(39)45-20-31(41)40-28(22-8-12-24(34)13-9-22)18-27(38-40)29-7-4-16-44-29/h3-17,28H,18-20H2,1-2H3,(H,35,42). The first kappa shape index (κ1) is 30.2. The number of hydrazone groups is 1. The van der Waals surface area contributed by atoms with Crippen LogP contribution in [0.1, 0.15) is 44.6 Å². The number of hydrogen-bond donors (Lipinski definition) is 1. The summed E-state index contributed by atoms with van der Waals surface area (Å²) in [6.45, 7) is 2.11. The highest BCUT2D eigenvalue weighted by Crippen LogP contribution is 2.35. The second kappa shape index (κ2) is 13.4. The molecule has 0 saturated heterocycles. The minimum Gasteiger partial charge on any atom is -0.497 e. The van der Waals surface area contributed by atoms with Gasteiger partial charge in [-0.1, -0.05) is 42.1 Å². The Kier molecular flexibility index (Phi) is 9.03.